The maximum Gasteiger partial charge on any atom is 0.325 e. The van der Waals surface area contributed by atoms with E-state index in [0.29, 0.717) is 12.0 Å². The molecule has 0 radical (unpaired) electrons. The van der Waals surface area contributed by atoms with Gasteiger partial charge in [-0.2, -0.15) is 0 Å². The van der Waals surface area contributed by atoms with Gasteiger partial charge < -0.3 is 5.32 Å². The first-order valence-corrected chi connectivity index (χ1v) is 11.0. The largest absolute Gasteiger partial charge is 0.325 e. The Morgan fingerprint density at radius 1 is 0.900 bits per heavy atom. The zero-order valence-electron chi connectivity index (χ0n) is 17.1. The molecule has 3 aliphatic rings. The zero-order valence-corrected chi connectivity index (χ0v) is 17.1. The van der Waals surface area contributed by atoms with Gasteiger partial charge >= 0.3 is 6.03 Å². The second-order valence-electron chi connectivity index (χ2n) is 8.70. The van der Waals surface area contributed by atoms with E-state index in [1.54, 1.807) is 0 Å². The molecule has 1 atom stereocenters. The normalized spacial score (nSPS) is 23.0. The molecular formula is C25H26N2O3. The molecule has 1 saturated heterocycles. The minimum absolute atomic E-state index is 0.189. The standard InChI is InChI=1S/C25H26N2O3/c28-22(20-13-12-17-7-1-2-10-19(17)15-20)16-27-23(29)25(26-24(27)30)14-6-5-9-18-8-3-4-11-21(18)25/h3-4,8,11-13,15H,1-2,5-7,9-10,14,16H2,(H,26,30)/t25-/m0/s1. The molecule has 154 valence electrons. The van der Waals surface area contributed by atoms with Gasteiger partial charge in [0.2, 0.25) is 0 Å². The second-order valence-corrected chi connectivity index (χ2v) is 8.70. The number of hydrogen-bond donors (Lipinski definition) is 1. The zero-order chi connectivity index (χ0) is 20.7. The Morgan fingerprint density at radius 2 is 1.63 bits per heavy atom. The highest BCUT2D eigenvalue weighted by molar-refractivity contribution is 6.11. The van der Waals surface area contributed by atoms with Gasteiger partial charge in [0, 0.05) is 5.56 Å². The third-order valence-electron chi connectivity index (χ3n) is 6.87. The molecule has 30 heavy (non-hydrogen) atoms. The molecule has 2 aromatic rings. The lowest BCUT2D eigenvalue weighted by Crippen LogP contribution is -2.44. The van der Waals surface area contributed by atoms with Crippen molar-refractivity contribution < 1.29 is 14.4 Å². The van der Waals surface area contributed by atoms with Gasteiger partial charge in [-0.25, -0.2) is 4.79 Å². The fourth-order valence-corrected chi connectivity index (χ4v) is 5.26. The van der Waals surface area contributed by atoms with Gasteiger partial charge in [-0.1, -0.05) is 36.4 Å². The summed E-state index contributed by atoms with van der Waals surface area (Å²) in [6.07, 6.45) is 7.67. The molecule has 0 unspecified atom stereocenters. The fourth-order valence-electron chi connectivity index (χ4n) is 5.26. The van der Waals surface area contributed by atoms with Crippen LogP contribution in [0.1, 0.15) is 64.7 Å². The summed E-state index contributed by atoms with van der Waals surface area (Å²) in [4.78, 5) is 40.4. The lowest BCUT2D eigenvalue weighted by Gasteiger charge is -2.27. The van der Waals surface area contributed by atoms with Crippen molar-refractivity contribution in [2.75, 3.05) is 6.54 Å². The molecule has 5 nitrogen and oxygen atoms in total. The summed E-state index contributed by atoms with van der Waals surface area (Å²) in [5.41, 5.74) is 4.05. The van der Waals surface area contributed by atoms with Crippen LogP contribution in [-0.2, 0) is 29.6 Å². The highest BCUT2D eigenvalue weighted by Crippen LogP contribution is 2.39. The van der Waals surface area contributed by atoms with Gasteiger partial charge in [0.1, 0.15) is 5.54 Å². The van der Waals surface area contributed by atoms with Crippen LogP contribution in [0.2, 0.25) is 0 Å². The van der Waals surface area contributed by atoms with Crippen LogP contribution in [0.5, 0.6) is 0 Å². The van der Waals surface area contributed by atoms with Gasteiger partial charge in [-0.3, -0.25) is 14.5 Å². The number of carbonyl (C=O) groups excluding carboxylic acids is 3. The molecule has 0 bridgehead atoms. The monoisotopic (exact) mass is 402 g/mol. The van der Waals surface area contributed by atoms with E-state index in [9.17, 15) is 14.4 Å². The van der Waals surface area contributed by atoms with Crippen LogP contribution in [0.3, 0.4) is 0 Å². The Balaban J connectivity index is 1.42. The van der Waals surface area contributed by atoms with E-state index in [0.717, 1.165) is 54.6 Å². The SMILES string of the molecule is O=C(CN1C(=O)N[C@]2(CCCCc3ccccc32)C1=O)c1ccc2c(c1)CCCC2. The van der Waals surface area contributed by atoms with Crippen LogP contribution in [0.15, 0.2) is 42.5 Å². The van der Waals surface area contributed by atoms with Crippen LogP contribution in [0, 0.1) is 0 Å². The molecule has 1 aliphatic heterocycles. The van der Waals surface area contributed by atoms with E-state index in [-0.39, 0.29) is 18.2 Å². The number of nitrogens with one attached hydrogen (secondary N) is 1. The first kappa shape index (κ1) is 19.0. The number of aryl methyl sites for hydroxylation is 3. The van der Waals surface area contributed by atoms with Crippen LogP contribution in [0.4, 0.5) is 4.79 Å². The molecule has 2 aromatic carbocycles. The van der Waals surface area contributed by atoms with Gasteiger partial charge in [-0.05, 0) is 79.7 Å². The van der Waals surface area contributed by atoms with Crippen LogP contribution < -0.4 is 5.32 Å². The predicted octanol–water partition coefficient (Wildman–Crippen LogP) is 3.92. The first-order chi connectivity index (χ1) is 14.6. The number of nitrogens with zero attached hydrogens (tertiary/aromatic N) is 1. The van der Waals surface area contributed by atoms with E-state index >= 15 is 0 Å². The minimum atomic E-state index is -1.04. The number of amides is 3. The number of fused-ring (bicyclic) bond motifs is 3. The van der Waals surface area contributed by atoms with Gasteiger partial charge in [0.15, 0.2) is 5.78 Å². The number of urea groups is 1. The summed E-state index contributed by atoms with van der Waals surface area (Å²) in [7, 11) is 0. The van der Waals surface area contributed by atoms with E-state index in [1.807, 2.05) is 42.5 Å². The Morgan fingerprint density at radius 3 is 2.50 bits per heavy atom. The molecule has 2 aliphatic carbocycles. The van der Waals surface area contributed by atoms with E-state index in [1.165, 1.54) is 17.5 Å². The molecule has 1 spiro atoms. The minimum Gasteiger partial charge on any atom is -0.319 e. The number of Topliss-reactive ketones (excluding diaryl/α,β-unsaturated/α-hetero) is 1. The maximum atomic E-state index is 13.5. The highest BCUT2D eigenvalue weighted by atomic mass is 16.2. The van der Waals surface area contributed by atoms with Gasteiger partial charge in [0.05, 0.1) is 6.54 Å². The summed E-state index contributed by atoms with van der Waals surface area (Å²) < 4.78 is 0. The van der Waals surface area contributed by atoms with Crippen molar-refractivity contribution in [3.05, 3.63) is 70.3 Å². The van der Waals surface area contributed by atoms with Crippen molar-refractivity contribution in [2.24, 2.45) is 0 Å². The molecule has 1 heterocycles. The number of hydrogen-bond acceptors (Lipinski definition) is 3. The van der Waals surface area contributed by atoms with Gasteiger partial charge in [0.25, 0.3) is 5.91 Å². The Bertz CT molecular complexity index is 1040. The molecule has 1 N–H and O–H groups in total. The van der Waals surface area contributed by atoms with Crippen molar-refractivity contribution in [3.63, 3.8) is 0 Å². The summed E-state index contributed by atoms with van der Waals surface area (Å²) in [5, 5.41) is 2.96. The molecular weight excluding hydrogens is 376 g/mol. The second kappa shape index (κ2) is 7.38. The van der Waals surface area contributed by atoms with Crippen LogP contribution in [-0.4, -0.2) is 29.2 Å². The maximum absolute atomic E-state index is 13.5. The Hall–Kier alpha value is -2.95. The predicted molar refractivity (Wildman–Crippen MR) is 113 cm³/mol. The molecule has 5 heteroatoms. The summed E-state index contributed by atoms with van der Waals surface area (Å²) in [5.74, 6) is -0.487. The Labute approximate surface area is 176 Å². The first-order valence-electron chi connectivity index (χ1n) is 11.0. The van der Waals surface area contributed by atoms with Crippen LogP contribution in [0.25, 0.3) is 0 Å². The van der Waals surface area contributed by atoms with E-state index in [4.69, 9.17) is 0 Å². The van der Waals surface area contributed by atoms with Crippen molar-refractivity contribution in [2.45, 2.75) is 56.9 Å². The number of ketones is 1. The number of carbonyl (C=O) groups is 3. The van der Waals surface area contributed by atoms with Crippen molar-refractivity contribution in [3.8, 4) is 0 Å². The topological polar surface area (TPSA) is 66.5 Å². The quantitative estimate of drug-likeness (QED) is 0.625. The molecule has 5 rings (SSSR count). The molecule has 1 fully saturated rings. The average Bonchev–Trinajstić information content (AvgIpc) is 2.91. The average molecular weight is 402 g/mol. The number of imide groups is 1. The summed E-state index contributed by atoms with van der Waals surface area (Å²) in [6.45, 7) is -0.215. The molecule has 0 saturated carbocycles. The smallest absolute Gasteiger partial charge is 0.319 e. The third-order valence-corrected chi connectivity index (χ3v) is 6.87. The van der Waals surface area contributed by atoms with E-state index in [2.05, 4.69) is 5.32 Å². The fraction of sp³-hybridized carbons (Fsp3) is 0.400. The number of benzene rings is 2. The summed E-state index contributed by atoms with van der Waals surface area (Å²) in [6, 6.07) is 13.2. The third kappa shape index (κ3) is 3.04. The lowest BCUT2D eigenvalue weighted by molar-refractivity contribution is -0.131. The van der Waals surface area contributed by atoms with E-state index < -0.39 is 11.6 Å². The van der Waals surface area contributed by atoms with Crippen molar-refractivity contribution >= 4 is 17.7 Å². The van der Waals surface area contributed by atoms with Gasteiger partial charge in [-0.15, -0.1) is 0 Å². The lowest BCUT2D eigenvalue weighted by atomic mass is 9.84. The van der Waals surface area contributed by atoms with Crippen LogP contribution >= 0.6 is 0 Å². The van der Waals surface area contributed by atoms with Crippen molar-refractivity contribution in [1.82, 2.24) is 10.2 Å². The molecule has 0 aromatic heterocycles. The Kier molecular flexibility index (Phi) is 4.69. The summed E-state index contributed by atoms with van der Waals surface area (Å²) >= 11 is 0. The number of rotatable bonds is 3. The molecule has 3 amide bonds. The highest BCUT2D eigenvalue weighted by Gasteiger charge is 2.53. The van der Waals surface area contributed by atoms with Crippen molar-refractivity contribution in [1.29, 1.82) is 0 Å².